The zero-order chi connectivity index (χ0) is 11.4. The lowest BCUT2D eigenvalue weighted by Gasteiger charge is -2.18. The number of likely N-dealkylation sites (N-methyl/N-ethyl adjacent to an activating group) is 1. The smallest absolute Gasteiger partial charge is 0.248 e. The Hall–Kier alpha value is -0.570. The number of hydrogen-bond donors (Lipinski definition) is 1. The summed E-state index contributed by atoms with van der Waals surface area (Å²) in [6.07, 6.45) is 8.52. The second kappa shape index (κ2) is 5.67. The molecule has 0 radical (unpaired) electrons. The normalized spacial score (nSPS) is 23.3. The van der Waals surface area contributed by atoms with Crippen LogP contribution in [0.4, 0.5) is 0 Å². The number of hydrogen-bond acceptors (Lipinski definition) is 2. The molecule has 2 saturated carbocycles. The molecule has 0 spiro atoms. The van der Waals surface area contributed by atoms with Crippen LogP contribution in [0.25, 0.3) is 0 Å². The summed E-state index contributed by atoms with van der Waals surface area (Å²) in [7, 11) is 1.70. The minimum atomic E-state index is -0.196. The highest BCUT2D eigenvalue weighted by molar-refractivity contribution is 5.80. The van der Waals surface area contributed by atoms with E-state index in [4.69, 9.17) is 4.74 Å². The highest BCUT2D eigenvalue weighted by Gasteiger charge is 2.30. The first-order chi connectivity index (χ1) is 7.79. The molecule has 1 N–H and O–H groups in total. The standard InChI is InChI=1S/C13H23NO2/c1-14-13(15)12(8-10-6-7-10)16-9-11-4-2-3-5-11/h10-12H,2-9H2,1H3,(H,14,15). The molecule has 1 atom stereocenters. The van der Waals surface area contributed by atoms with E-state index >= 15 is 0 Å². The molecule has 1 unspecified atom stereocenters. The monoisotopic (exact) mass is 225 g/mol. The van der Waals surface area contributed by atoms with E-state index in [1.54, 1.807) is 7.05 Å². The molecule has 3 nitrogen and oxygen atoms in total. The van der Waals surface area contributed by atoms with E-state index in [-0.39, 0.29) is 12.0 Å². The van der Waals surface area contributed by atoms with Gasteiger partial charge in [-0.05, 0) is 31.1 Å². The van der Waals surface area contributed by atoms with E-state index in [1.807, 2.05) is 0 Å². The minimum absolute atomic E-state index is 0.0601. The molecule has 1 amide bonds. The molecule has 0 aromatic carbocycles. The Morgan fingerprint density at radius 1 is 1.25 bits per heavy atom. The van der Waals surface area contributed by atoms with Crippen molar-refractivity contribution in [2.45, 2.75) is 51.0 Å². The van der Waals surface area contributed by atoms with E-state index in [0.717, 1.165) is 18.9 Å². The summed E-state index contributed by atoms with van der Waals surface area (Å²) in [6.45, 7) is 0.783. The number of amides is 1. The Balaban J connectivity index is 1.73. The van der Waals surface area contributed by atoms with Crippen molar-refractivity contribution in [3.05, 3.63) is 0 Å². The topological polar surface area (TPSA) is 38.3 Å². The maximum Gasteiger partial charge on any atom is 0.248 e. The largest absolute Gasteiger partial charge is 0.368 e. The predicted octanol–water partition coefficient (Wildman–Crippen LogP) is 2.11. The minimum Gasteiger partial charge on any atom is -0.368 e. The molecule has 92 valence electrons. The van der Waals surface area contributed by atoms with Gasteiger partial charge >= 0.3 is 0 Å². The van der Waals surface area contributed by atoms with Gasteiger partial charge < -0.3 is 10.1 Å². The molecule has 16 heavy (non-hydrogen) atoms. The fourth-order valence-corrected chi connectivity index (χ4v) is 2.50. The summed E-state index contributed by atoms with van der Waals surface area (Å²) in [5.74, 6) is 1.50. The summed E-state index contributed by atoms with van der Waals surface area (Å²) >= 11 is 0. The SMILES string of the molecule is CNC(=O)C(CC1CC1)OCC1CCCC1. The van der Waals surface area contributed by atoms with Gasteiger partial charge in [0, 0.05) is 7.05 Å². The number of nitrogens with one attached hydrogen (secondary N) is 1. The second-order valence-corrected chi connectivity index (χ2v) is 5.27. The zero-order valence-corrected chi connectivity index (χ0v) is 10.2. The van der Waals surface area contributed by atoms with Crippen molar-refractivity contribution in [1.29, 1.82) is 0 Å². The molecule has 2 fully saturated rings. The summed E-state index contributed by atoms with van der Waals surface area (Å²) in [6, 6.07) is 0. The molecule has 2 aliphatic carbocycles. The third-order valence-corrected chi connectivity index (χ3v) is 3.79. The van der Waals surface area contributed by atoms with Crippen LogP contribution in [-0.4, -0.2) is 25.7 Å². The number of carbonyl (C=O) groups is 1. The Labute approximate surface area is 97.9 Å². The highest BCUT2D eigenvalue weighted by Crippen LogP contribution is 2.34. The molecule has 3 heteroatoms. The van der Waals surface area contributed by atoms with Gasteiger partial charge in [0.15, 0.2) is 0 Å². The molecule has 0 heterocycles. The first kappa shape index (κ1) is 11.9. The Morgan fingerprint density at radius 3 is 2.50 bits per heavy atom. The van der Waals surface area contributed by atoms with Crippen LogP contribution in [-0.2, 0) is 9.53 Å². The van der Waals surface area contributed by atoms with Gasteiger partial charge in [0.25, 0.3) is 0 Å². The van der Waals surface area contributed by atoms with Gasteiger partial charge in [-0.1, -0.05) is 25.7 Å². The number of ether oxygens (including phenoxy) is 1. The third-order valence-electron chi connectivity index (χ3n) is 3.79. The van der Waals surface area contributed by atoms with Crippen molar-refractivity contribution in [3.8, 4) is 0 Å². The summed E-state index contributed by atoms with van der Waals surface area (Å²) < 4.78 is 5.82. The van der Waals surface area contributed by atoms with Crippen LogP contribution in [0.2, 0.25) is 0 Å². The van der Waals surface area contributed by atoms with Crippen LogP contribution in [0.15, 0.2) is 0 Å². The molecule has 0 bridgehead atoms. The fourth-order valence-electron chi connectivity index (χ4n) is 2.50. The summed E-state index contributed by atoms with van der Waals surface area (Å²) in [4.78, 5) is 11.6. The van der Waals surface area contributed by atoms with Gasteiger partial charge in [-0.3, -0.25) is 4.79 Å². The molecule has 0 aliphatic heterocycles. The highest BCUT2D eigenvalue weighted by atomic mass is 16.5. The first-order valence-electron chi connectivity index (χ1n) is 6.62. The van der Waals surface area contributed by atoms with Crippen LogP contribution in [0.1, 0.15) is 44.9 Å². The maximum absolute atomic E-state index is 11.6. The Morgan fingerprint density at radius 2 is 1.94 bits per heavy atom. The van der Waals surface area contributed by atoms with E-state index in [0.29, 0.717) is 5.92 Å². The van der Waals surface area contributed by atoms with E-state index < -0.39 is 0 Å². The first-order valence-corrected chi connectivity index (χ1v) is 6.62. The second-order valence-electron chi connectivity index (χ2n) is 5.27. The zero-order valence-electron chi connectivity index (χ0n) is 10.2. The molecular weight excluding hydrogens is 202 g/mol. The quantitative estimate of drug-likeness (QED) is 0.752. The van der Waals surface area contributed by atoms with Crippen molar-refractivity contribution in [1.82, 2.24) is 5.32 Å². The average molecular weight is 225 g/mol. The van der Waals surface area contributed by atoms with Crippen LogP contribution < -0.4 is 5.32 Å². The summed E-state index contributed by atoms with van der Waals surface area (Å²) in [5.41, 5.74) is 0. The molecule has 0 aromatic rings. The van der Waals surface area contributed by atoms with Gasteiger partial charge in [-0.15, -0.1) is 0 Å². The van der Waals surface area contributed by atoms with E-state index in [2.05, 4.69) is 5.32 Å². The third kappa shape index (κ3) is 3.48. The summed E-state index contributed by atoms with van der Waals surface area (Å²) in [5, 5.41) is 2.71. The van der Waals surface area contributed by atoms with Crippen molar-refractivity contribution in [2.75, 3.05) is 13.7 Å². The lowest BCUT2D eigenvalue weighted by Crippen LogP contribution is -2.35. The van der Waals surface area contributed by atoms with Crippen LogP contribution in [0.3, 0.4) is 0 Å². The lowest BCUT2D eigenvalue weighted by atomic mass is 10.1. The van der Waals surface area contributed by atoms with Crippen molar-refractivity contribution >= 4 is 5.91 Å². The van der Waals surface area contributed by atoms with E-state index in [9.17, 15) is 4.79 Å². The van der Waals surface area contributed by atoms with Gasteiger partial charge in [0.05, 0.1) is 6.61 Å². The van der Waals surface area contributed by atoms with Crippen LogP contribution in [0.5, 0.6) is 0 Å². The number of rotatable bonds is 6. The Bertz CT molecular complexity index is 232. The average Bonchev–Trinajstić information content (AvgIpc) is 2.97. The van der Waals surface area contributed by atoms with Crippen LogP contribution in [0, 0.1) is 11.8 Å². The van der Waals surface area contributed by atoms with Gasteiger partial charge in [0.2, 0.25) is 5.91 Å². The van der Waals surface area contributed by atoms with Gasteiger partial charge in [0.1, 0.15) is 6.10 Å². The molecule has 0 saturated heterocycles. The maximum atomic E-state index is 11.6. The van der Waals surface area contributed by atoms with Gasteiger partial charge in [-0.25, -0.2) is 0 Å². The van der Waals surface area contributed by atoms with E-state index in [1.165, 1.54) is 38.5 Å². The van der Waals surface area contributed by atoms with Crippen molar-refractivity contribution in [2.24, 2.45) is 11.8 Å². The van der Waals surface area contributed by atoms with Crippen molar-refractivity contribution < 1.29 is 9.53 Å². The Kier molecular flexibility index (Phi) is 4.22. The predicted molar refractivity (Wildman–Crippen MR) is 63.1 cm³/mol. The molecule has 2 aliphatic rings. The number of carbonyl (C=O) groups excluding carboxylic acids is 1. The van der Waals surface area contributed by atoms with Gasteiger partial charge in [-0.2, -0.15) is 0 Å². The van der Waals surface area contributed by atoms with Crippen LogP contribution >= 0.6 is 0 Å². The molecule has 0 aromatic heterocycles. The molecular formula is C13H23NO2. The molecule has 2 rings (SSSR count). The van der Waals surface area contributed by atoms with Crippen molar-refractivity contribution in [3.63, 3.8) is 0 Å². The lowest BCUT2D eigenvalue weighted by molar-refractivity contribution is -0.133. The fraction of sp³-hybridized carbons (Fsp3) is 0.923.